The number of nitrogens with one attached hydrogen (secondary N) is 2. The van der Waals surface area contributed by atoms with Gasteiger partial charge in [-0.25, -0.2) is 4.98 Å². The first kappa shape index (κ1) is 16.5. The maximum atomic E-state index is 12.4. The Balaban J connectivity index is 1.71. The Bertz CT molecular complexity index is 635. The van der Waals surface area contributed by atoms with Crippen LogP contribution in [-0.4, -0.2) is 54.6 Å². The van der Waals surface area contributed by atoms with Crippen LogP contribution < -0.4 is 16.2 Å². The van der Waals surface area contributed by atoms with Crippen LogP contribution in [0.15, 0.2) is 16.1 Å². The van der Waals surface area contributed by atoms with Crippen molar-refractivity contribution in [2.24, 2.45) is 5.41 Å². The van der Waals surface area contributed by atoms with E-state index in [1.54, 1.807) is 23.4 Å². The Kier molecular flexibility index (Phi) is 5.03. The quantitative estimate of drug-likeness (QED) is 0.741. The Morgan fingerprint density at radius 2 is 2.30 bits per heavy atom. The molecule has 1 amide bonds. The van der Waals surface area contributed by atoms with Crippen molar-refractivity contribution in [3.63, 3.8) is 0 Å². The van der Waals surface area contributed by atoms with Gasteiger partial charge in [-0.05, 0) is 25.9 Å². The fourth-order valence-electron chi connectivity index (χ4n) is 3.17. The predicted molar refractivity (Wildman–Crippen MR) is 88.0 cm³/mol. The van der Waals surface area contributed by atoms with Gasteiger partial charge < -0.3 is 15.4 Å². The van der Waals surface area contributed by atoms with Gasteiger partial charge in [0.1, 0.15) is 5.56 Å². The number of methoxy groups -OCH3 is 1. The number of thioether (sulfide) groups is 1. The van der Waals surface area contributed by atoms with Gasteiger partial charge >= 0.3 is 0 Å². The first-order valence-electron chi connectivity index (χ1n) is 7.86. The second kappa shape index (κ2) is 7.02. The topological polar surface area (TPSA) is 85.2 Å². The first-order chi connectivity index (χ1) is 11.2. The molecule has 2 N–H and O–H groups in total. The molecule has 23 heavy (non-hydrogen) atoms. The van der Waals surface area contributed by atoms with Crippen LogP contribution in [0.25, 0.3) is 0 Å². The van der Waals surface area contributed by atoms with Crippen LogP contribution in [0.5, 0.6) is 0 Å². The molecule has 0 saturated carbocycles. The molecule has 8 heteroatoms. The normalized spacial score (nSPS) is 19.3. The van der Waals surface area contributed by atoms with Crippen molar-refractivity contribution in [1.82, 2.24) is 20.2 Å². The molecule has 0 bridgehead atoms. The standard InChI is InChI=1S/C15H22N4O3S/c1-22-10-15(2-4-16-5-3-15)9-18-12(20)11-8-17-14-19(13(11)21)6-7-23-14/h8,16H,2-7,9-10H2,1H3,(H,18,20). The molecule has 1 aromatic rings. The van der Waals surface area contributed by atoms with Gasteiger partial charge in [-0.1, -0.05) is 11.8 Å². The summed E-state index contributed by atoms with van der Waals surface area (Å²) in [5.74, 6) is 0.487. The number of hydrogen-bond acceptors (Lipinski definition) is 6. The second-order valence-electron chi connectivity index (χ2n) is 6.13. The van der Waals surface area contributed by atoms with E-state index in [-0.39, 0.29) is 22.4 Å². The lowest BCUT2D eigenvalue weighted by Gasteiger charge is -2.37. The number of piperidine rings is 1. The van der Waals surface area contributed by atoms with Crippen molar-refractivity contribution >= 4 is 17.7 Å². The second-order valence-corrected chi connectivity index (χ2v) is 7.19. The Morgan fingerprint density at radius 1 is 1.52 bits per heavy atom. The van der Waals surface area contributed by atoms with Crippen LogP contribution in [0.3, 0.4) is 0 Å². The molecule has 0 atom stereocenters. The third kappa shape index (κ3) is 3.44. The van der Waals surface area contributed by atoms with E-state index in [1.807, 2.05) is 0 Å². The molecular formula is C15H22N4O3S. The van der Waals surface area contributed by atoms with Gasteiger partial charge in [-0.3, -0.25) is 14.2 Å². The van der Waals surface area contributed by atoms with E-state index in [1.165, 1.54) is 6.20 Å². The molecule has 7 nitrogen and oxygen atoms in total. The molecule has 3 rings (SSSR count). The lowest BCUT2D eigenvalue weighted by Crippen LogP contribution is -2.47. The van der Waals surface area contributed by atoms with Crippen LogP contribution in [0.4, 0.5) is 0 Å². The number of hydrogen-bond donors (Lipinski definition) is 2. The van der Waals surface area contributed by atoms with Crippen molar-refractivity contribution < 1.29 is 9.53 Å². The van der Waals surface area contributed by atoms with Crippen molar-refractivity contribution in [2.45, 2.75) is 24.5 Å². The third-order valence-corrected chi connectivity index (χ3v) is 5.51. The molecule has 0 radical (unpaired) electrons. The van der Waals surface area contributed by atoms with Gasteiger partial charge in [-0.15, -0.1) is 0 Å². The number of rotatable bonds is 5. The maximum Gasteiger partial charge on any atom is 0.267 e. The van der Waals surface area contributed by atoms with Crippen molar-refractivity contribution in [3.8, 4) is 0 Å². The van der Waals surface area contributed by atoms with E-state index in [0.717, 1.165) is 31.7 Å². The average Bonchev–Trinajstić information content (AvgIpc) is 3.04. The van der Waals surface area contributed by atoms with Crippen LogP contribution >= 0.6 is 11.8 Å². The van der Waals surface area contributed by atoms with Gasteiger partial charge in [0.25, 0.3) is 11.5 Å². The zero-order chi connectivity index (χ0) is 16.3. The van der Waals surface area contributed by atoms with E-state index in [2.05, 4.69) is 15.6 Å². The van der Waals surface area contributed by atoms with Crippen LogP contribution in [0.2, 0.25) is 0 Å². The molecule has 1 saturated heterocycles. The van der Waals surface area contributed by atoms with Gasteiger partial charge in [-0.2, -0.15) is 0 Å². The Labute approximate surface area is 139 Å². The minimum Gasteiger partial charge on any atom is -0.384 e. The highest BCUT2D eigenvalue weighted by atomic mass is 32.2. The van der Waals surface area contributed by atoms with Gasteiger partial charge in [0.15, 0.2) is 5.16 Å². The van der Waals surface area contributed by atoms with Gasteiger partial charge in [0.2, 0.25) is 0 Å². The highest BCUT2D eigenvalue weighted by molar-refractivity contribution is 7.99. The predicted octanol–water partition coefficient (Wildman–Crippen LogP) is 0.0950. The van der Waals surface area contributed by atoms with Gasteiger partial charge in [0, 0.05) is 37.6 Å². The molecule has 0 aromatic carbocycles. The molecule has 0 unspecified atom stereocenters. The molecule has 2 aliphatic rings. The number of nitrogens with zero attached hydrogens (tertiary/aromatic N) is 2. The number of fused-ring (bicyclic) bond motifs is 1. The molecular weight excluding hydrogens is 316 g/mol. The highest BCUT2D eigenvalue weighted by Gasteiger charge is 2.33. The largest absolute Gasteiger partial charge is 0.384 e. The number of ether oxygens (including phenoxy) is 1. The fourth-order valence-corrected chi connectivity index (χ4v) is 4.09. The van der Waals surface area contributed by atoms with E-state index >= 15 is 0 Å². The van der Waals surface area contributed by atoms with Crippen molar-refractivity contribution in [1.29, 1.82) is 0 Å². The minimum absolute atomic E-state index is 0.0636. The molecule has 0 spiro atoms. The summed E-state index contributed by atoms with van der Waals surface area (Å²) >= 11 is 1.54. The number of carbonyl (C=O) groups excluding carboxylic acids is 1. The van der Waals surface area contributed by atoms with E-state index < -0.39 is 0 Å². The van der Waals surface area contributed by atoms with Crippen molar-refractivity contribution in [2.75, 3.05) is 39.1 Å². The van der Waals surface area contributed by atoms with E-state index in [4.69, 9.17) is 4.74 Å². The zero-order valence-electron chi connectivity index (χ0n) is 13.3. The summed E-state index contributed by atoms with van der Waals surface area (Å²) in [6, 6.07) is 0. The summed E-state index contributed by atoms with van der Waals surface area (Å²) in [6.45, 7) is 3.57. The summed E-state index contributed by atoms with van der Waals surface area (Å²) in [7, 11) is 1.68. The summed E-state index contributed by atoms with van der Waals surface area (Å²) in [5, 5.41) is 6.94. The van der Waals surface area contributed by atoms with E-state index in [9.17, 15) is 9.59 Å². The molecule has 3 heterocycles. The summed E-state index contributed by atoms with van der Waals surface area (Å²) in [4.78, 5) is 29.0. The Hall–Kier alpha value is -1.38. The minimum atomic E-state index is -0.344. The molecule has 1 aromatic heterocycles. The highest BCUT2D eigenvalue weighted by Crippen LogP contribution is 2.28. The van der Waals surface area contributed by atoms with E-state index in [0.29, 0.717) is 24.9 Å². The number of amides is 1. The smallest absolute Gasteiger partial charge is 0.267 e. The third-order valence-electron chi connectivity index (χ3n) is 4.54. The molecule has 1 fully saturated rings. The molecule has 126 valence electrons. The average molecular weight is 338 g/mol. The maximum absolute atomic E-state index is 12.4. The monoisotopic (exact) mass is 338 g/mol. The van der Waals surface area contributed by atoms with Crippen LogP contribution in [-0.2, 0) is 11.3 Å². The molecule has 0 aliphatic carbocycles. The zero-order valence-corrected chi connectivity index (χ0v) is 14.1. The van der Waals surface area contributed by atoms with Gasteiger partial charge in [0.05, 0.1) is 6.61 Å². The summed E-state index contributed by atoms with van der Waals surface area (Å²) in [5.41, 5.74) is -0.187. The van der Waals surface area contributed by atoms with Crippen LogP contribution in [0, 0.1) is 5.41 Å². The number of aromatic nitrogens is 2. The summed E-state index contributed by atoms with van der Waals surface area (Å²) < 4.78 is 6.93. The first-order valence-corrected chi connectivity index (χ1v) is 8.84. The van der Waals surface area contributed by atoms with Crippen molar-refractivity contribution in [3.05, 3.63) is 22.1 Å². The van der Waals surface area contributed by atoms with Crippen LogP contribution in [0.1, 0.15) is 23.2 Å². The number of carbonyl (C=O) groups is 1. The summed E-state index contributed by atoms with van der Waals surface area (Å²) in [6.07, 6.45) is 3.28. The lowest BCUT2D eigenvalue weighted by molar-refractivity contribution is 0.0511. The SMILES string of the molecule is COCC1(CNC(=O)c2cnc3n(c2=O)CCS3)CCNCC1. The lowest BCUT2D eigenvalue weighted by atomic mass is 9.79. The fraction of sp³-hybridized carbons (Fsp3) is 0.667. The molecule has 2 aliphatic heterocycles. The Morgan fingerprint density at radius 3 is 3.04 bits per heavy atom.